The van der Waals surface area contributed by atoms with Crippen LogP contribution >= 0.6 is 15.9 Å². The second kappa shape index (κ2) is 7.59. The number of ether oxygens (including phenoxy) is 1. The molecule has 132 valence electrons. The molecule has 0 amide bonds. The summed E-state index contributed by atoms with van der Waals surface area (Å²) in [5.41, 5.74) is 2.69. The molecule has 0 radical (unpaired) electrons. The van der Waals surface area contributed by atoms with E-state index in [0.29, 0.717) is 11.3 Å². The Hall–Kier alpha value is -2.50. The molecule has 3 N–H and O–H groups in total. The van der Waals surface area contributed by atoms with E-state index >= 15 is 0 Å². The summed E-state index contributed by atoms with van der Waals surface area (Å²) < 4.78 is 28.6. The molecule has 0 fully saturated rings. The van der Waals surface area contributed by atoms with Gasteiger partial charge in [0.2, 0.25) is 10.0 Å². The Kier molecular flexibility index (Phi) is 5.72. The van der Waals surface area contributed by atoms with Crippen molar-refractivity contribution in [1.29, 1.82) is 0 Å². The van der Waals surface area contributed by atoms with Gasteiger partial charge in [-0.05, 0) is 30.3 Å². The molecule has 2 aromatic rings. The first-order valence-corrected chi connectivity index (χ1v) is 9.00. The zero-order valence-corrected chi connectivity index (χ0v) is 15.2. The zero-order chi connectivity index (χ0) is 18.6. The molecular formula is C14H13BrN4O5S. The Labute approximate surface area is 151 Å². The number of hydrazone groups is 1. The highest BCUT2D eigenvalue weighted by atomic mass is 79.9. The molecule has 9 nitrogen and oxygen atoms in total. The summed E-state index contributed by atoms with van der Waals surface area (Å²) in [6.07, 6.45) is 1.42. The van der Waals surface area contributed by atoms with Gasteiger partial charge in [-0.15, -0.1) is 0 Å². The summed E-state index contributed by atoms with van der Waals surface area (Å²) in [6.45, 7) is 0. The van der Waals surface area contributed by atoms with E-state index in [2.05, 4.69) is 26.5 Å². The molecule has 0 aromatic heterocycles. The third kappa shape index (κ3) is 4.75. The summed E-state index contributed by atoms with van der Waals surface area (Å²) in [7, 11) is -2.54. The second-order valence-corrected chi connectivity index (χ2v) is 7.21. The van der Waals surface area contributed by atoms with Crippen LogP contribution in [0.4, 0.5) is 11.4 Å². The number of primary sulfonamides is 1. The molecule has 25 heavy (non-hydrogen) atoms. The molecule has 0 bridgehead atoms. The Morgan fingerprint density at radius 1 is 1.32 bits per heavy atom. The summed E-state index contributed by atoms with van der Waals surface area (Å²) in [5.74, 6) is 0.563. The highest BCUT2D eigenvalue weighted by Crippen LogP contribution is 2.27. The first kappa shape index (κ1) is 18.8. The molecule has 2 aromatic carbocycles. The van der Waals surface area contributed by atoms with Crippen LogP contribution in [-0.4, -0.2) is 26.7 Å². The maximum atomic E-state index is 11.3. The van der Waals surface area contributed by atoms with Crippen molar-refractivity contribution in [2.75, 3.05) is 12.5 Å². The minimum atomic E-state index is -4.05. The van der Waals surface area contributed by atoms with Crippen LogP contribution < -0.4 is 15.3 Å². The van der Waals surface area contributed by atoms with E-state index in [0.717, 1.165) is 16.6 Å². The summed E-state index contributed by atoms with van der Waals surface area (Å²) in [5, 5.41) is 20.0. The third-order valence-electron chi connectivity index (χ3n) is 3.07. The van der Waals surface area contributed by atoms with Crippen LogP contribution in [0.1, 0.15) is 5.56 Å². The predicted molar refractivity (Wildman–Crippen MR) is 96.4 cm³/mol. The number of anilines is 1. The van der Waals surface area contributed by atoms with Crippen LogP contribution in [-0.2, 0) is 10.0 Å². The monoisotopic (exact) mass is 428 g/mol. The highest BCUT2D eigenvalue weighted by molar-refractivity contribution is 9.10. The molecule has 0 aliphatic carbocycles. The van der Waals surface area contributed by atoms with Gasteiger partial charge in [0.15, 0.2) is 0 Å². The van der Waals surface area contributed by atoms with Gasteiger partial charge in [-0.2, -0.15) is 5.10 Å². The van der Waals surface area contributed by atoms with Gasteiger partial charge in [0.05, 0.1) is 23.1 Å². The first-order chi connectivity index (χ1) is 11.7. The van der Waals surface area contributed by atoms with Crippen molar-refractivity contribution in [2.45, 2.75) is 4.90 Å². The van der Waals surface area contributed by atoms with E-state index in [-0.39, 0.29) is 10.6 Å². The Balaban J connectivity index is 2.32. The molecule has 0 spiro atoms. The Morgan fingerprint density at radius 3 is 2.64 bits per heavy atom. The van der Waals surface area contributed by atoms with Gasteiger partial charge in [0.1, 0.15) is 11.4 Å². The number of halogens is 1. The molecule has 0 saturated carbocycles. The van der Waals surface area contributed by atoms with Gasteiger partial charge in [-0.1, -0.05) is 15.9 Å². The van der Waals surface area contributed by atoms with Gasteiger partial charge in [0.25, 0.3) is 5.69 Å². The van der Waals surface area contributed by atoms with Crippen molar-refractivity contribution in [2.24, 2.45) is 10.2 Å². The minimum Gasteiger partial charge on any atom is -0.496 e. The van der Waals surface area contributed by atoms with Crippen LogP contribution in [0.2, 0.25) is 0 Å². The number of methoxy groups -OCH3 is 1. The minimum absolute atomic E-state index is 0.0163. The van der Waals surface area contributed by atoms with Crippen LogP contribution in [0.3, 0.4) is 0 Å². The molecule has 0 atom stereocenters. The van der Waals surface area contributed by atoms with Gasteiger partial charge in [0, 0.05) is 16.1 Å². The van der Waals surface area contributed by atoms with Gasteiger partial charge >= 0.3 is 0 Å². The van der Waals surface area contributed by atoms with E-state index in [1.54, 1.807) is 18.2 Å². The lowest BCUT2D eigenvalue weighted by atomic mass is 10.2. The number of nitrogens with one attached hydrogen (secondary N) is 1. The molecule has 2 rings (SSSR count). The van der Waals surface area contributed by atoms with E-state index in [9.17, 15) is 18.5 Å². The van der Waals surface area contributed by atoms with Crippen LogP contribution in [0.25, 0.3) is 0 Å². The number of benzene rings is 2. The lowest BCUT2D eigenvalue weighted by molar-refractivity contribution is -0.384. The molecular weight excluding hydrogens is 416 g/mol. The maximum absolute atomic E-state index is 11.3. The van der Waals surface area contributed by atoms with Crippen molar-refractivity contribution >= 4 is 43.5 Å². The largest absolute Gasteiger partial charge is 0.496 e. The standard InChI is InChI=1S/C14H13BrN4O5S/c1-24-14-5-2-10(15)6-9(14)8-17-18-12-4-3-11(25(16,22)23)7-13(12)19(20)21/h2-8,18H,1H3,(H2,16,22,23). The normalized spacial score (nSPS) is 11.5. The molecule has 0 aliphatic heterocycles. The molecule has 0 aliphatic rings. The summed E-state index contributed by atoms with van der Waals surface area (Å²) >= 11 is 3.32. The third-order valence-corrected chi connectivity index (χ3v) is 4.48. The molecule has 0 heterocycles. The molecule has 11 heteroatoms. The van der Waals surface area contributed by atoms with Crippen molar-refractivity contribution < 1.29 is 18.1 Å². The number of hydrogen-bond acceptors (Lipinski definition) is 7. The Bertz CT molecular complexity index is 946. The fraction of sp³-hybridized carbons (Fsp3) is 0.0714. The second-order valence-electron chi connectivity index (χ2n) is 4.74. The number of rotatable bonds is 6. The van der Waals surface area contributed by atoms with Crippen molar-refractivity contribution in [3.8, 4) is 5.75 Å². The number of nitro groups is 1. The fourth-order valence-electron chi connectivity index (χ4n) is 1.91. The summed E-state index contributed by atoms with van der Waals surface area (Å²) in [4.78, 5) is 10.0. The fourth-order valence-corrected chi connectivity index (χ4v) is 2.82. The van der Waals surface area contributed by atoms with Crippen molar-refractivity contribution in [3.63, 3.8) is 0 Å². The molecule has 0 saturated heterocycles. The zero-order valence-electron chi connectivity index (χ0n) is 12.8. The predicted octanol–water partition coefficient (Wildman–Crippen LogP) is 2.46. The maximum Gasteiger partial charge on any atom is 0.295 e. The number of nitrogens with zero attached hydrogens (tertiary/aromatic N) is 2. The average Bonchev–Trinajstić information content (AvgIpc) is 2.54. The van der Waals surface area contributed by atoms with Crippen LogP contribution in [0.15, 0.2) is 50.9 Å². The van der Waals surface area contributed by atoms with Crippen LogP contribution in [0, 0.1) is 10.1 Å². The Morgan fingerprint density at radius 2 is 2.04 bits per heavy atom. The van der Waals surface area contributed by atoms with Crippen molar-refractivity contribution in [1.82, 2.24) is 0 Å². The lowest BCUT2D eigenvalue weighted by Gasteiger charge is -2.06. The SMILES string of the molecule is COc1ccc(Br)cc1C=NNc1ccc(S(N)(=O)=O)cc1[N+](=O)[O-]. The van der Waals surface area contributed by atoms with Gasteiger partial charge in [-0.25, -0.2) is 13.6 Å². The number of hydrogen-bond donors (Lipinski definition) is 2. The van der Waals surface area contributed by atoms with Crippen LogP contribution in [0.5, 0.6) is 5.75 Å². The lowest BCUT2D eigenvalue weighted by Crippen LogP contribution is -2.12. The van der Waals surface area contributed by atoms with Gasteiger partial charge in [-0.3, -0.25) is 15.5 Å². The number of nitrogens with two attached hydrogens (primary N) is 1. The quantitative estimate of drug-likeness (QED) is 0.411. The number of sulfonamides is 1. The van der Waals surface area contributed by atoms with Crippen molar-refractivity contribution in [3.05, 3.63) is 56.5 Å². The summed E-state index contributed by atoms with van der Waals surface area (Å²) in [6, 6.07) is 8.51. The highest BCUT2D eigenvalue weighted by Gasteiger charge is 2.18. The van der Waals surface area contributed by atoms with Gasteiger partial charge < -0.3 is 4.74 Å². The van der Waals surface area contributed by atoms with E-state index in [4.69, 9.17) is 9.88 Å². The van der Waals surface area contributed by atoms with E-state index < -0.39 is 20.6 Å². The topological polar surface area (TPSA) is 137 Å². The number of nitro benzene ring substituents is 1. The average molecular weight is 429 g/mol. The smallest absolute Gasteiger partial charge is 0.295 e. The van der Waals surface area contributed by atoms with E-state index in [1.165, 1.54) is 19.4 Å². The molecule has 0 unspecified atom stereocenters. The first-order valence-electron chi connectivity index (χ1n) is 6.66. The van der Waals surface area contributed by atoms with E-state index in [1.807, 2.05) is 0 Å².